The third-order valence-corrected chi connectivity index (χ3v) is 6.35. The summed E-state index contributed by atoms with van der Waals surface area (Å²) < 4.78 is 47.8. The minimum Gasteiger partial charge on any atom is -0.447 e. The lowest BCUT2D eigenvalue weighted by Crippen LogP contribution is -2.69. The summed E-state index contributed by atoms with van der Waals surface area (Å²) in [6.07, 6.45) is -5.47. The highest BCUT2D eigenvalue weighted by atomic mass is 32.2. The van der Waals surface area contributed by atoms with Crippen LogP contribution < -0.4 is 0 Å². The number of ether oxygens (including phenoxy) is 4. The van der Waals surface area contributed by atoms with Crippen molar-refractivity contribution in [2.45, 2.75) is 55.4 Å². The molecule has 0 aliphatic carbocycles. The maximum absolute atomic E-state index is 13.5. The van der Waals surface area contributed by atoms with E-state index in [-0.39, 0.29) is 67.8 Å². The summed E-state index contributed by atoms with van der Waals surface area (Å²) in [6, 6.07) is 0. The predicted octanol–water partition coefficient (Wildman–Crippen LogP) is 3.37. The number of amides is 4. The van der Waals surface area contributed by atoms with Crippen LogP contribution in [0.5, 0.6) is 0 Å². The molecule has 1 rings (SSSR count). The maximum atomic E-state index is 13.5. The average Bonchev–Trinajstić information content (AvgIpc) is 2.78. The monoisotopic (exact) mass is 556 g/mol. The first-order chi connectivity index (χ1) is 16.7. The molecule has 1 aliphatic heterocycles. The summed E-state index contributed by atoms with van der Waals surface area (Å²) in [7, 11) is 0. The molecule has 36 heavy (non-hydrogen) atoms. The van der Waals surface area contributed by atoms with E-state index in [0.717, 1.165) is 0 Å². The normalized spacial score (nSPS) is 18.2. The van der Waals surface area contributed by atoms with E-state index >= 15 is 0 Å². The van der Waals surface area contributed by atoms with Crippen LogP contribution in [-0.4, -0.2) is 76.9 Å². The molecule has 0 N–H and O–H groups in total. The fraction of sp³-hybridized carbons (Fsp3) is 0.800. The van der Waals surface area contributed by atoms with E-state index in [1.54, 1.807) is 55.4 Å². The zero-order valence-electron chi connectivity index (χ0n) is 21.8. The van der Waals surface area contributed by atoms with Gasteiger partial charge in [-0.05, 0) is 23.7 Å². The molecule has 208 valence electrons. The molecule has 0 unspecified atom stereocenters. The molecule has 0 radical (unpaired) electrons. The second kappa shape index (κ2) is 14.2. The van der Waals surface area contributed by atoms with E-state index in [1.165, 1.54) is 0 Å². The van der Waals surface area contributed by atoms with Gasteiger partial charge in [0.2, 0.25) is 0 Å². The van der Waals surface area contributed by atoms with E-state index in [2.05, 4.69) is 0 Å². The van der Waals surface area contributed by atoms with Crippen LogP contribution in [0.15, 0.2) is 0 Å². The summed E-state index contributed by atoms with van der Waals surface area (Å²) in [6.45, 7) is 13.3. The summed E-state index contributed by atoms with van der Waals surface area (Å²) >= 11 is -5.96. The van der Waals surface area contributed by atoms with Crippen molar-refractivity contribution in [3.8, 4) is 0 Å². The standard InChI is InChI=1S/C20H36N4O10S2/c1-13(2)9-31-17(25)21-22(18(26)32-10-14(3)4)36(30)24(20(28)34-12-16(7)8)23(35(21)29)19(27)33-11-15(5)6/h13-16H,9-12H2,1-8H3. The number of hydrogen-bond donors (Lipinski definition) is 0. The molecule has 1 fully saturated rings. The zero-order valence-corrected chi connectivity index (χ0v) is 23.5. The molecule has 0 bridgehead atoms. The Labute approximate surface area is 216 Å². The fourth-order valence-electron chi connectivity index (χ4n) is 2.12. The van der Waals surface area contributed by atoms with Gasteiger partial charge in [0.25, 0.3) is 22.3 Å². The summed E-state index contributed by atoms with van der Waals surface area (Å²) in [5.74, 6) is -0.579. The maximum Gasteiger partial charge on any atom is 0.444 e. The molecule has 4 amide bonds. The van der Waals surface area contributed by atoms with Crippen LogP contribution in [0.1, 0.15) is 55.4 Å². The Morgan fingerprint density at radius 2 is 0.639 bits per heavy atom. The first kappa shape index (κ1) is 31.4. The van der Waals surface area contributed by atoms with Crippen molar-refractivity contribution in [2.75, 3.05) is 26.4 Å². The second-order valence-corrected chi connectivity index (χ2v) is 11.7. The number of nitrogens with zero attached hydrogens (tertiary/aromatic N) is 4. The first-order valence-corrected chi connectivity index (χ1v) is 13.5. The van der Waals surface area contributed by atoms with Crippen LogP contribution in [0, 0.1) is 23.7 Å². The zero-order chi connectivity index (χ0) is 27.7. The van der Waals surface area contributed by atoms with Crippen molar-refractivity contribution in [1.82, 2.24) is 17.7 Å². The Balaban J connectivity index is 3.53. The van der Waals surface area contributed by atoms with Gasteiger partial charge in [0.15, 0.2) is 0 Å². The van der Waals surface area contributed by atoms with Gasteiger partial charge in [-0.1, -0.05) is 73.0 Å². The van der Waals surface area contributed by atoms with Crippen molar-refractivity contribution in [1.29, 1.82) is 0 Å². The predicted molar refractivity (Wildman–Crippen MR) is 128 cm³/mol. The van der Waals surface area contributed by atoms with Gasteiger partial charge >= 0.3 is 24.4 Å². The molecule has 0 aromatic carbocycles. The summed E-state index contributed by atoms with van der Waals surface area (Å²) in [5.41, 5.74) is 0. The molecule has 0 saturated carbocycles. The molecular weight excluding hydrogens is 520 g/mol. The van der Waals surface area contributed by atoms with Crippen LogP contribution in [0.4, 0.5) is 19.2 Å². The van der Waals surface area contributed by atoms with Crippen LogP contribution in [0.3, 0.4) is 0 Å². The molecule has 0 aromatic rings. The Morgan fingerprint density at radius 3 is 0.778 bits per heavy atom. The lowest BCUT2D eigenvalue weighted by atomic mass is 10.2. The molecule has 16 heteroatoms. The molecule has 0 atom stereocenters. The molecular formula is C20H36N4O10S2. The molecule has 0 spiro atoms. The molecule has 1 saturated heterocycles. The third kappa shape index (κ3) is 8.80. The first-order valence-electron chi connectivity index (χ1n) is 11.4. The Bertz CT molecular complexity index is 720. The van der Waals surface area contributed by atoms with Crippen LogP contribution in [0.25, 0.3) is 0 Å². The third-order valence-electron chi connectivity index (χ3n) is 3.71. The van der Waals surface area contributed by atoms with E-state index in [9.17, 15) is 27.6 Å². The van der Waals surface area contributed by atoms with Gasteiger partial charge in [0.05, 0.1) is 26.4 Å². The van der Waals surface area contributed by atoms with E-state index in [1.807, 2.05) is 0 Å². The van der Waals surface area contributed by atoms with Gasteiger partial charge in [-0.25, -0.2) is 27.6 Å². The van der Waals surface area contributed by atoms with Gasteiger partial charge < -0.3 is 18.9 Å². The quantitative estimate of drug-likeness (QED) is 0.407. The van der Waals surface area contributed by atoms with Crippen molar-refractivity contribution >= 4 is 46.7 Å². The Morgan fingerprint density at radius 1 is 0.472 bits per heavy atom. The Hall–Kier alpha value is -2.62. The highest BCUT2D eigenvalue weighted by molar-refractivity contribution is 7.87. The SMILES string of the molecule is CC(C)COC(=O)N1N(C(=O)OCC(C)C)S(=O)N(C(=O)OCC(C)C)N(C(=O)OCC(C)C)S1=O. The van der Waals surface area contributed by atoms with Crippen molar-refractivity contribution < 1.29 is 46.5 Å². The van der Waals surface area contributed by atoms with Gasteiger partial charge in [-0.2, -0.15) is 0 Å². The average molecular weight is 557 g/mol. The van der Waals surface area contributed by atoms with E-state index in [0.29, 0.717) is 0 Å². The number of hydrazine groups is 2. The van der Waals surface area contributed by atoms with Crippen LogP contribution >= 0.6 is 0 Å². The van der Waals surface area contributed by atoms with Crippen molar-refractivity contribution in [2.24, 2.45) is 23.7 Å². The van der Waals surface area contributed by atoms with Gasteiger partial charge in [-0.15, -0.1) is 0 Å². The topological polar surface area (TPSA) is 152 Å². The highest BCUT2D eigenvalue weighted by Gasteiger charge is 2.55. The van der Waals surface area contributed by atoms with Gasteiger partial charge in [0, 0.05) is 0 Å². The smallest absolute Gasteiger partial charge is 0.444 e. The molecule has 0 aromatic heterocycles. The van der Waals surface area contributed by atoms with Crippen LogP contribution in [-0.2, 0) is 41.3 Å². The lowest BCUT2D eigenvalue weighted by Gasteiger charge is -2.42. The lowest BCUT2D eigenvalue weighted by molar-refractivity contribution is 0.0220. The number of hydrogen-bond acceptors (Lipinski definition) is 10. The molecule has 1 heterocycles. The second-order valence-electron chi connectivity index (χ2n) is 9.44. The number of carbonyl (C=O) groups is 4. The van der Waals surface area contributed by atoms with Crippen molar-refractivity contribution in [3.63, 3.8) is 0 Å². The van der Waals surface area contributed by atoms with Crippen molar-refractivity contribution in [3.05, 3.63) is 0 Å². The largest absolute Gasteiger partial charge is 0.447 e. The van der Waals surface area contributed by atoms with Gasteiger partial charge in [0.1, 0.15) is 0 Å². The summed E-state index contributed by atoms with van der Waals surface area (Å²) in [5, 5.41) is 0. The van der Waals surface area contributed by atoms with Crippen LogP contribution in [0.2, 0.25) is 0 Å². The van der Waals surface area contributed by atoms with E-state index < -0.39 is 46.7 Å². The highest BCUT2D eigenvalue weighted by Crippen LogP contribution is 2.27. The molecule has 1 aliphatic rings. The van der Waals surface area contributed by atoms with E-state index in [4.69, 9.17) is 18.9 Å². The number of rotatable bonds is 8. The number of carbonyl (C=O) groups excluding carboxylic acids is 4. The minimum absolute atomic E-state index is 0.143. The summed E-state index contributed by atoms with van der Waals surface area (Å²) in [4.78, 5) is 51.4. The fourth-order valence-corrected chi connectivity index (χ4v) is 4.60. The Kier molecular flexibility index (Phi) is 12.4. The molecule has 14 nitrogen and oxygen atoms in total. The minimum atomic E-state index is -2.98. The van der Waals surface area contributed by atoms with Gasteiger partial charge in [-0.3, -0.25) is 0 Å².